The Labute approximate surface area is 109 Å². The highest BCUT2D eigenvalue weighted by molar-refractivity contribution is 5.96. The van der Waals surface area contributed by atoms with E-state index in [0.717, 1.165) is 34.0 Å². The maximum absolute atomic E-state index is 10.7. The maximum Gasteiger partial charge on any atom is 0.328 e. The summed E-state index contributed by atoms with van der Waals surface area (Å²) in [5.41, 5.74) is 2.88. The lowest BCUT2D eigenvalue weighted by atomic mass is 10.1. The molecule has 0 saturated carbocycles. The van der Waals surface area contributed by atoms with E-state index in [-0.39, 0.29) is 6.79 Å². The second-order valence-corrected chi connectivity index (χ2v) is 4.45. The molecule has 1 aliphatic heterocycles. The molecule has 0 atom stereocenters. The Kier molecular flexibility index (Phi) is 2.48. The minimum Gasteiger partial charge on any atom is -0.478 e. The predicted octanol–water partition coefficient (Wildman–Crippen LogP) is 2.31. The van der Waals surface area contributed by atoms with Gasteiger partial charge in [0.2, 0.25) is 6.79 Å². The molecule has 5 heteroatoms. The van der Waals surface area contributed by atoms with Crippen molar-refractivity contribution in [3.63, 3.8) is 0 Å². The van der Waals surface area contributed by atoms with Gasteiger partial charge in [-0.15, -0.1) is 0 Å². The number of hydrogen-bond donors (Lipinski definition) is 1. The number of aryl methyl sites for hydroxylation is 1. The summed E-state index contributed by atoms with van der Waals surface area (Å²) in [6.45, 7) is 2.18. The molecule has 2 aromatic rings. The highest BCUT2D eigenvalue weighted by Crippen LogP contribution is 2.39. The Morgan fingerprint density at radius 1 is 1.37 bits per heavy atom. The largest absolute Gasteiger partial charge is 0.478 e. The van der Waals surface area contributed by atoms with Crippen LogP contribution in [0, 0.1) is 6.92 Å². The molecular weight excluding hydrogens is 246 g/mol. The zero-order valence-corrected chi connectivity index (χ0v) is 10.6. The molecule has 5 nitrogen and oxygen atoms in total. The van der Waals surface area contributed by atoms with Crippen molar-refractivity contribution in [3.05, 3.63) is 29.5 Å². The number of carboxylic acid groups (broad SMARTS) is 1. The number of carbonyl (C=O) groups is 1. The number of ether oxygens (including phenoxy) is 2. The van der Waals surface area contributed by atoms with E-state index < -0.39 is 5.97 Å². The first-order valence-corrected chi connectivity index (χ1v) is 5.87. The van der Waals surface area contributed by atoms with E-state index in [2.05, 4.69) is 0 Å². The molecule has 3 rings (SSSR count). The fourth-order valence-electron chi connectivity index (χ4n) is 2.35. The highest BCUT2D eigenvalue weighted by atomic mass is 16.7. The van der Waals surface area contributed by atoms with Crippen LogP contribution in [0.3, 0.4) is 0 Å². The topological polar surface area (TPSA) is 60.7 Å². The van der Waals surface area contributed by atoms with Gasteiger partial charge in [0, 0.05) is 35.8 Å². The lowest BCUT2D eigenvalue weighted by Gasteiger charge is -1.99. The smallest absolute Gasteiger partial charge is 0.328 e. The third-order valence-electron chi connectivity index (χ3n) is 3.43. The van der Waals surface area contributed by atoms with Crippen LogP contribution in [0.1, 0.15) is 11.3 Å². The summed E-state index contributed by atoms with van der Waals surface area (Å²) in [7, 11) is 1.94. The zero-order chi connectivity index (χ0) is 13.6. The molecule has 0 bridgehead atoms. The minimum absolute atomic E-state index is 0.227. The number of aliphatic carboxylic acids is 1. The maximum atomic E-state index is 10.7. The Morgan fingerprint density at radius 3 is 2.74 bits per heavy atom. The number of benzene rings is 1. The standard InChI is InChI=1S/C14H13NO4/c1-8-9(3-4-14(16)17)10-5-12-13(19-7-18-12)6-11(10)15(8)2/h3-6H,7H2,1-2H3,(H,16,17)/b4-3+. The van der Waals surface area contributed by atoms with Gasteiger partial charge in [0.15, 0.2) is 11.5 Å². The third kappa shape index (κ3) is 1.74. The van der Waals surface area contributed by atoms with Crippen LogP contribution in [-0.2, 0) is 11.8 Å². The summed E-state index contributed by atoms with van der Waals surface area (Å²) in [5.74, 6) is 0.460. The average Bonchev–Trinajstić information content (AvgIpc) is 2.91. The SMILES string of the molecule is Cc1c(/C=C/C(=O)O)c2cc3c(cc2n1C)OCO3. The summed E-state index contributed by atoms with van der Waals surface area (Å²) in [4.78, 5) is 10.7. The molecule has 2 heterocycles. The average molecular weight is 259 g/mol. The molecule has 1 N–H and O–H groups in total. The molecule has 0 unspecified atom stereocenters. The highest BCUT2D eigenvalue weighted by Gasteiger charge is 2.18. The van der Waals surface area contributed by atoms with Gasteiger partial charge in [-0.05, 0) is 19.1 Å². The Balaban J connectivity index is 2.26. The van der Waals surface area contributed by atoms with Gasteiger partial charge in [0.1, 0.15) is 0 Å². The molecule has 19 heavy (non-hydrogen) atoms. The summed E-state index contributed by atoms with van der Waals surface area (Å²) in [5, 5.41) is 9.72. The molecular formula is C14H13NO4. The van der Waals surface area contributed by atoms with Crippen molar-refractivity contribution in [1.82, 2.24) is 4.57 Å². The van der Waals surface area contributed by atoms with Crippen molar-refractivity contribution in [1.29, 1.82) is 0 Å². The predicted molar refractivity (Wildman–Crippen MR) is 70.4 cm³/mol. The van der Waals surface area contributed by atoms with Gasteiger partial charge >= 0.3 is 5.97 Å². The Hall–Kier alpha value is -2.43. The van der Waals surface area contributed by atoms with Crippen LogP contribution >= 0.6 is 0 Å². The van der Waals surface area contributed by atoms with Crippen molar-refractivity contribution in [2.24, 2.45) is 7.05 Å². The molecule has 0 aliphatic carbocycles. The monoisotopic (exact) mass is 259 g/mol. The van der Waals surface area contributed by atoms with E-state index in [1.54, 1.807) is 6.08 Å². The summed E-state index contributed by atoms with van der Waals surface area (Å²) in [6.07, 6.45) is 2.76. The van der Waals surface area contributed by atoms with Crippen molar-refractivity contribution in [2.75, 3.05) is 6.79 Å². The number of hydrogen-bond acceptors (Lipinski definition) is 3. The number of fused-ring (bicyclic) bond motifs is 2. The molecule has 0 saturated heterocycles. The molecule has 0 fully saturated rings. The fraction of sp³-hybridized carbons (Fsp3) is 0.214. The molecule has 0 spiro atoms. The minimum atomic E-state index is -0.961. The molecule has 1 aliphatic rings. The van der Waals surface area contributed by atoms with Gasteiger partial charge in [-0.2, -0.15) is 0 Å². The number of aromatic nitrogens is 1. The lowest BCUT2D eigenvalue weighted by molar-refractivity contribution is -0.131. The van der Waals surface area contributed by atoms with Gasteiger partial charge in [0.25, 0.3) is 0 Å². The van der Waals surface area contributed by atoms with Gasteiger partial charge in [-0.25, -0.2) is 4.79 Å². The molecule has 1 aromatic heterocycles. The normalized spacial score (nSPS) is 13.6. The van der Waals surface area contributed by atoms with Crippen molar-refractivity contribution < 1.29 is 19.4 Å². The lowest BCUT2D eigenvalue weighted by Crippen LogP contribution is -1.93. The van der Waals surface area contributed by atoms with Crippen LogP contribution < -0.4 is 9.47 Å². The van der Waals surface area contributed by atoms with Crippen molar-refractivity contribution in [3.8, 4) is 11.5 Å². The van der Waals surface area contributed by atoms with Crippen LogP contribution in [0.15, 0.2) is 18.2 Å². The first-order valence-electron chi connectivity index (χ1n) is 5.87. The van der Waals surface area contributed by atoms with Crippen LogP contribution in [0.2, 0.25) is 0 Å². The third-order valence-corrected chi connectivity index (χ3v) is 3.43. The van der Waals surface area contributed by atoms with Crippen LogP contribution in [0.5, 0.6) is 11.5 Å². The van der Waals surface area contributed by atoms with Gasteiger partial charge in [-0.1, -0.05) is 0 Å². The summed E-state index contributed by atoms with van der Waals surface area (Å²) >= 11 is 0. The van der Waals surface area contributed by atoms with Gasteiger partial charge < -0.3 is 19.1 Å². The van der Waals surface area contributed by atoms with Gasteiger partial charge in [0.05, 0.1) is 5.52 Å². The zero-order valence-electron chi connectivity index (χ0n) is 10.6. The van der Waals surface area contributed by atoms with Crippen LogP contribution in [-0.4, -0.2) is 22.4 Å². The fourth-order valence-corrected chi connectivity index (χ4v) is 2.35. The Bertz CT molecular complexity index is 712. The summed E-state index contributed by atoms with van der Waals surface area (Å²) < 4.78 is 12.7. The molecule has 0 radical (unpaired) electrons. The summed E-state index contributed by atoms with van der Waals surface area (Å²) in [6, 6.07) is 3.81. The Morgan fingerprint density at radius 2 is 2.05 bits per heavy atom. The van der Waals surface area contributed by atoms with E-state index in [9.17, 15) is 4.79 Å². The molecule has 98 valence electrons. The van der Waals surface area contributed by atoms with E-state index in [0.29, 0.717) is 5.75 Å². The number of carboxylic acids is 1. The first kappa shape index (κ1) is 11.6. The van der Waals surface area contributed by atoms with E-state index >= 15 is 0 Å². The van der Waals surface area contributed by atoms with E-state index in [4.69, 9.17) is 14.6 Å². The molecule has 1 aromatic carbocycles. The van der Waals surface area contributed by atoms with Crippen molar-refractivity contribution in [2.45, 2.75) is 6.92 Å². The van der Waals surface area contributed by atoms with Crippen LogP contribution in [0.4, 0.5) is 0 Å². The molecule has 0 amide bonds. The van der Waals surface area contributed by atoms with Crippen LogP contribution in [0.25, 0.3) is 17.0 Å². The van der Waals surface area contributed by atoms with Gasteiger partial charge in [-0.3, -0.25) is 0 Å². The van der Waals surface area contributed by atoms with E-state index in [1.165, 1.54) is 0 Å². The quantitative estimate of drug-likeness (QED) is 0.841. The second kappa shape index (κ2) is 4.05. The van der Waals surface area contributed by atoms with E-state index in [1.807, 2.05) is 30.7 Å². The van der Waals surface area contributed by atoms with Crippen molar-refractivity contribution >= 4 is 22.9 Å². The number of nitrogens with zero attached hydrogens (tertiary/aromatic N) is 1. The first-order chi connectivity index (χ1) is 9.08. The number of rotatable bonds is 2. The second-order valence-electron chi connectivity index (χ2n) is 4.45.